The molecular weight excluding hydrogens is 212 g/mol. The highest BCUT2D eigenvalue weighted by atomic mass is 35.5. The normalized spacial score (nSPS) is 20.1. The van der Waals surface area contributed by atoms with Crippen LogP contribution in [0.25, 0.3) is 0 Å². The molecule has 0 saturated carbocycles. The molecule has 1 aromatic rings. The van der Waals surface area contributed by atoms with Crippen LogP contribution in [0.5, 0.6) is 0 Å². The summed E-state index contributed by atoms with van der Waals surface area (Å²) < 4.78 is 5.07. The van der Waals surface area contributed by atoms with Gasteiger partial charge in [0.15, 0.2) is 0 Å². The SMILES string of the molecule is N#CC1(C(N)c2ccc(Cl)cc2)COC1. The zero-order valence-corrected chi connectivity index (χ0v) is 8.87. The minimum absolute atomic E-state index is 0.312. The maximum atomic E-state index is 9.09. The van der Waals surface area contributed by atoms with Gasteiger partial charge in [-0.1, -0.05) is 23.7 Å². The first-order valence-corrected chi connectivity index (χ1v) is 5.06. The molecule has 0 bridgehead atoms. The Morgan fingerprint density at radius 1 is 1.40 bits per heavy atom. The minimum atomic E-state index is -0.562. The van der Waals surface area contributed by atoms with E-state index < -0.39 is 5.41 Å². The van der Waals surface area contributed by atoms with E-state index in [4.69, 9.17) is 27.3 Å². The molecule has 4 heteroatoms. The largest absolute Gasteiger partial charge is 0.378 e. The predicted octanol–water partition coefficient (Wildman–Crippen LogP) is 1.88. The molecule has 2 rings (SSSR count). The molecule has 78 valence electrons. The van der Waals surface area contributed by atoms with Crippen molar-refractivity contribution in [3.8, 4) is 6.07 Å². The van der Waals surface area contributed by atoms with Crippen LogP contribution in [0.3, 0.4) is 0 Å². The van der Waals surface area contributed by atoms with E-state index in [-0.39, 0.29) is 6.04 Å². The van der Waals surface area contributed by atoms with Crippen LogP contribution in [0.2, 0.25) is 5.02 Å². The third-order valence-corrected chi connectivity index (χ3v) is 3.02. The number of nitrogens with two attached hydrogens (primary N) is 1. The molecule has 0 spiro atoms. The third kappa shape index (κ3) is 1.72. The van der Waals surface area contributed by atoms with Crippen molar-refractivity contribution < 1.29 is 4.74 Å². The average Bonchev–Trinajstić information content (AvgIpc) is 2.18. The second-order valence-electron chi connectivity index (χ2n) is 3.79. The van der Waals surface area contributed by atoms with E-state index in [1.54, 1.807) is 12.1 Å². The van der Waals surface area contributed by atoms with Crippen LogP contribution < -0.4 is 5.73 Å². The fourth-order valence-corrected chi connectivity index (χ4v) is 1.75. The van der Waals surface area contributed by atoms with Crippen LogP contribution in [-0.4, -0.2) is 13.2 Å². The second-order valence-corrected chi connectivity index (χ2v) is 4.23. The molecule has 1 atom stereocenters. The van der Waals surface area contributed by atoms with Crippen LogP contribution >= 0.6 is 11.6 Å². The minimum Gasteiger partial charge on any atom is -0.378 e. The number of nitriles is 1. The Balaban J connectivity index is 2.24. The maximum absolute atomic E-state index is 9.09. The van der Waals surface area contributed by atoms with Crippen LogP contribution in [0.15, 0.2) is 24.3 Å². The van der Waals surface area contributed by atoms with E-state index in [1.807, 2.05) is 12.1 Å². The lowest BCUT2D eigenvalue weighted by atomic mass is 9.77. The molecule has 0 radical (unpaired) electrons. The maximum Gasteiger partial charge on any atom is 0.123 e. The lowest BCUT2D eigenvalue weighted by Gasteiger charge is -2.39. The van der Waals surface area contributed by atoms with Crippen molar-refractivity contribution in [2.24, 2.45) is 11.1 Å². The first-order valence-electron chi connectivity index (χ1n) is 4.68. The summed E-state index contributed by atoms with van der Waals surface area (Å²) in [5.41, 5.74) is 6.41. The summed E-state index contributed by atoms with van der Waals surface area (Å²) in [6.07, 6.45) is 0. The molecule has 1 aliphatic rings. The predicted molar refractivity (Wildman–Crippen MR) is 57.2 cm³/mol. The zero-order valence-electron chi connectivity index (χ0n) is 8.11. The van der Waals surface area contributed by atoms with Crippen LogP contribution in [-0.2, 0) is 4.74 Å². The van der Waals surface area contributed by atoms with Gasteiger partial charge >= 0.3 is 0 Å². The van der Waals surface area contributed by atoms with E-state index in [0.29, 0.717) is 18.2 Å². The monoisotopic (exact) mass is 222 g/mol. The molecule has 1 aliphatic heterocycles. The number of ether oxygens (including phenoxy) is 1. The summed E-state index contributed by atoms with van der Waals surface area (Å²) in [5, 5.41) is 9.76. The Hall–Kier alpha value is -1.08. The van der Waals surface area contributed by atoms with Gasteiger partial charge < -0.3 is 10.5 Å². The Labute approximate surface area is 93.4 Å². The lowest BCUT2D eigenvalue weighted by molar-refractivity contribution is -0.0910. The highest BCUT2D eigenvalue weighted by molar-refractivity contribution is 6.30. The lowest BCUT2D eigenvalue weighted by Crippen LogP contribution is -2.49. The fraction of sp³-hybridized carbons (Fsp3) is 0.364. The highest BCUT2D eigenvalue weighted by Crippen LogP contribution is 2.38. The second kappa shape index (κ2) is 3.82. The van der Waals surface area contributed by atoms with Crippen molar-refractivity contribution in [2.45, 2.75) is 6.04 Å². The quantitative estimate of drug-likeness (QED) is 0.831. The first kappa shape index (κ1) is 10.4. The molecule has 0 amide bonds. The number of hydrogen-bond donors (Lipinski definition) is 1. The molecule has 15 heavy (non-hydrogen) atoms. The smallest absolute Gasteiger partial charge is 0.123 e. The van der Waals surface area contributed by atoms with Gasteiger partial charge in [-0.15, -0.1) is 0 Å². The van der Waals surface area contributed by atoms with Crippen LogP contribution in [0, 0.1) is 16.7 Å². The van der Waals surface area contributed by atoms with E-state index in [1.165, 1.54) is 0 Å². The van der Waals surface area contributed by atoms with Crippen molar-refractivity contribution in [3.63, 3.8) is 0 Å². The van der Waals surface area contributed by atoms with E-state index in [9.17, 15) is 0 Å². The molecule has 1 heterocycles. The van der Waals surface area contributed by atoms with Crippen molar-refractivity contribution in [3.05, 3.63) is 34.9 Å². The van der Waals surface area contributed by atoms with Crippen molar-refractivity contribution in [1.29, 1.82) is 5.26 Å². The van der Waals surface area contributed by atoms with Gasteiger partial charge in [-0.05, 0) is 17.7 Å². The van der Waals surface area contributed by atoms with Gasteiger partial charge in [-0.2, -0.15) is 5.26 Å². The van der Waals surface area contributed by atoms with E-state index in [2.05, 4.69) is 6.07 Å². The van der Waals surface area contributed by atoms with E-state index >= 15 is 0 Å². The summed E-state index contributed by atoms with van der Waals surface area (Å²) in [7, 11) is 0. The molecule has 1 aromatic carbocycles. The standard InChI is InChI=1S/C11H11ClN2O/c12-9-3-1-8(2-4-9)10(14)11(5-13)6-15-7-11/h1-4,10H,6-7,14H2. The van der Waals surface area contributed by atoms with Gasteiger partial charge in [0.2, 0.25) is 0 Å². The van der Waals surface area contributed by atoms with Gasteiger partial charge in [-0.3, -0.25) is 0 Å². The molecule has 0 aliphatic carbocycles. The number of nitrogens with zero attached hydrogens (tertiary/aromatic N) is 1. The van der Waals surface area contributed by atoms with Gasteiger partial charge in [0, 0.05) is 5.02 Å². The van der Waals surface area contributed by atoms with Crippen molar-refractivity contribution in [2.75, 3.05) is 13.2 Å². The summed E-state index contributed by atoms with van der Waals surface area (Å²) in [6.45, 7) is 0.820. The molecule has 2 N–H and O–H groups in total. The van der Waals surface area contributed by atoms with Crippen LogP contribution in [0.1, 0.15) is 11.6 Å². The van der Waals surface area contributed by atoms with Gasteiger partial charge in [0.25, 0.3) is 0 Å². The Morgan fingerprint density at radius 3 is 2.40 bits per heavy atom. The molecule has 1 unspecified atom stereocenters. The van der Waals surface area contributed by atoms with Crippen molar-refractivity contribution in [1.82, 2.24) is 0 Å². The molecule has 1 fully saturated rings. The summed E-state index contributed by atoms with van der Waals surface area (Å²) in [5.74, 6) is 0. The van der Waals surface area contributed by atoms with Gasteiger partial charge in [0.05, 0.1) is 25.3 Å². The average molecular weight is 223 g/mol. The number of hydrogen-bond acceptors (Lipinski definition) is 3. The van der Waals surface area contributed by atoms with Crippen LogP contribution in [0.4, 0.5) is 0 Å². The summed E-state index contributed by atoms with van der Waals surface area (Å²) in [6, 6.07) is 9.19. The Kier molecular flexibility index (Phi) is 2.66. The number of benzene rings is 1. The Bertz CT molecular complexity index is 392. The highest BCUT2D eigenvalue weighted by Gasteiger charge is 2.45. The number of halogens is 1. The van der Waals surface area contributed by atoms with Crippen molar-refractivity contribution >= 4 is 11.6 Å². The summed E-state index contributed by atoms with van der Waals surface area (Å²) >= 11 is 5.78. The molecule has 3 nitrogen and oxygen atoms in total. The molecule has 0 aromatic heterocycles. The topological polar surface area (TPSA) is 59.0 Å². The molecule has 1 saturated heterocycles. The zero-order chi connectivity index (χ0) is 10.9. The first-order chi connectivity index (χ1) is 7.18. The fourth-order valence-electron chi connectivity index (χ4n) is 1.62. The van der Waals surface area contributed by atoms with Gasteiger partial charge in [-0.25, -0.2) is 0 Å². The third-order valence-electron chi connectivity index (χ3n) is 2.77. The summed E-state index contributed by atoms with van der Waals surface area (Å²) in [4.78, 5) is 0. The van der Waals surface area contributed by atoms with E-state index in [0.717, 1.165) is 5.56 Å². The molecular formula is C11H11ClN2O. The Morgan fingerprint density at radius 2 is 2.00 bits per heavy atom. The number of rotatable bonds is 2. The van der Waals surface area contributed by atoms with Gasteiger partial charge in [0.1, 0.15) is 5.41 Å².